The van der Waals surface area contributed by atoms with E-state index in [1.807, 2.05) is 60.8 Å². The standard InChI is InChI=1S/C26H25N5O/c1-26(2,3)22-13-9-19(10-14-22)17-27-29-25(32)21-11-15-23(16-12-21)31-18-24(28-30-31)20-7-5-4-6-8-20/h4-18H,1-3H3,(H,29,32)/b27-17+. The molecule has 0 aliphatic heterocycles. The minimum absolute atomic E-state index is 0.103. The van der Waals surface area contributed by atoms with Crippen molar-refractivity contribution in [3.63, 3.8) is 0 Å². The lowest BCUT2D eigenvalue weighted by atomic mass is 9.87. The maximum absolute atomic E-state index is 12.4. The third-order valence-corrected chi connectivity index (χ3v) is 5.11. The molecule has 1 aromatic heterocycles. The highest BCUT2D eigenvalue weighted by atomic mass is 16.2. The molecule has 0 unspecified atom stereocenters. The quantitative estimate of drug-likeness (QED) is 0.363. The maximum atomic E-state index is 12.4. The molecule has 6 nitrogen and oxygen atoms in total. The maximum Gasteiger partial charge on any atom is 0.271 e. The molecule has 0 saturated carbocycles. The Bertz CT molecular complexity index is 1220. The Morgan fingerprint density at radius 3 is 2.28 bits per heavy atom. The first kappa shape index (κ1) is 21.2. The zero-order valence-electron chi connectivity index (χ0n) is 18.4. The second-order valence-electron chi connectivity index (χ2n) is 8.53. The number of amides is 1. The van der Waals surface area contributed by atoms with Crippen LogP contribution < -0.4 is 5.43 Å². The zero-order valence-corrected chi connectivity index (χ0v) is 18.4. The lowest BCUT2D eigenvalue weighted by molar-refractivity contribution is 0.0955. The Balaban J connectivity index is 1.38. The van der Waals surface area contributed by atoms with E-state index in [1.54, 1.807) is 23.0 Å². The molecule has 0 spiro atoms. The van der Waals surface area contributed by atoms with Gasteiger partial charge in [0.2, 0.25) is 0 Å². The fraction of sp³-hybridized carbons (Fsp3) is 0.154. The summed E-state index contributed by atoms with van der Waals surface area (Å²) in [5, 5.41) is 12.5. The van der Waals surface area contributed by atoms with Gasteiger partial charge in [-0.2, -0.15) is 5.10 Å². The Labute approximate surface area is 187 Å². The van der Waals surface area contributed by atoms with Gasteiger partial charge in [-0.05, 0) is 40.8 Å². The van der Waals surface area contributed by atoms with Crippen molar-refractivity contribution in [3.05, 3.63) is 102 Å². The molecule has 0 bridgehead atoms. The minimum Gasteiger partial charge on any atom is -0.267 e. The number of hydrazone groups is 1. The number of rotatable bonds is 5. The van der Waals surface area contributed by atoms with Crippen LogP contribution in [-0.2, 0) is 5.41 Å². The van der Waals surface area contributed by atoms with Crippen LogP contribution in [0.5, 0.6) is 0 Å². The molecule has 0 saturated heterocycles. The fourth-order valence-corrected chi connectivity index (χ4v) is 3.20. The molecule has 6 heteroatoms. The van der Waals surface area contributed by atoms with Crippen LogP contribution in [-0.4, -0.2) is 27.1 Å². The Morgan fingerprint density at radius 2 is 1.62 bits per heavy atom. The van der Waals surface area contributed by atoms with Crippen molar-refractivity contribution in [1.29, 1.82) is 0 Å². The number of nitrogens with one attached hydrogen (secondary N) is 1. The van der Waals surface area contributed by atoms with E-state index in [4.69, 9.17) is 0 Å². The predicted octanol–water partition coefficient (Wildman–Crippen LogP) is 5.00. The molecule has 160 valence electrons. The van der Waals surface area contributed by atoms with Crippen LogP contribution in [0.15, 0.2) is 90.2 Å². The SMILES string of the molecule is CC(C)(C)c1ccc(/C=N/NC(=O)c2ccc(-n3cc(-c4ccccc4)nn3)cc2)cc1. The van der Waals surface area contributed by atoms with Crippen LogP contribution in [0, 0.1) is 0 Å². The van der Waals surface area contributed by atoms with Crippen LogP contribution in [0.2, 0.25) is 0 Å². The number of hydrogen-bond acceptors (Lipinski definition) is 4. The van der Waals surface area contributed by atoms with Gasteiger partial charge in [-0.1, -0.05) is 80.6 Å². The van der Waals surface area contributed by atoms with Crippen molar-refractivity contribution >= 4 is 12.1 Å². The van der Waals surface area contributed by atoms with E-state index in [1.165, 1.54) is 5.56 Å². The Hall–Kier alpha value is -4.06. The average molecular weight is 424 g/mol. The first-order chi connectivity index (χ1) is 15.4. The average Bonchev–Trinajstić information content (AvgIpc) is 3.30. The zero-order chi connectivity index (χ0) is 22.6. The molecule has 1 amide bonds. The summed E-state index contributed by atoms with van der Waals surface area (Å²) in [6.45, 7) is 6.52. The summed E-state index contributed by atoms with van der Waals surface area (Å²) in [5.74, 6) is -0.275. The van der Waals surface area contributed by atoms with Gasteiger partial charge in [0.1, 0.15) is 5.69 Å². The smallest absolute Gasteiger partial charge is 0.267 e. The van der Waals surface area contributed by atoms with Crippen LogP contribution in [0.25, 0.3) is 16.9 Å². The van der Waals surface area contributed by atoms with Crippen molar-refractivity contribution in [3.8, 4) is 16.9 Å². The molecular weight excluding hydrogens is 398 g/mol. The van der Waals surface area contributed by atoms with Gasteiger partial charge >= 0.3 is 0 Å². The molecule has 1 N–H and O–H groups in total. The lowest BCUT2D eigenvalue weighted by Crippen LogP contribution is -2.17. The van der Waals surface area contributed by atoms with Crippen molar-refractivity contribution in [1.82, 2.24) is 20.4 Å². The summed E-state index contributed by atoms with van der Waals surface area (Å²) >= 11 is 0. The monoisotopic (exact) mass is 423 g/mol. The van der Waals surface area contributed by atoms with Gasteiger partial charge < -0.3 is 0 Å². The van der Waals surface area contributed by atoms with E-state index in [9.17, 15) is 4.79 Å². The van der Waals surface area contributed by atoms with Gasteiger partial charge in [0.05, 0.1) is 18.1 Å². The molecule has 3 aromatic carbocycles. The van der Waals surface area contributed by atoms with Crippen LogP contribution >= 0.6 is 0 Å². The number of aromatic nitrogens is 3. The van der Waals surface area contributed by atoms with E-state index in [0.29, 0.717) is 5.56 Å². The highest BCUT2D eigenvalue weighted by molar-refractivity contribution is 5.95. The highest BCUT2D eigenvalue weighted by Gasteiger charge is 2.12. The second kappa shape index (κ2) is 8.98. The van der Waals surface area contributed by atoms with Crippen molar-refractivity contribution < 1.29 is 4.79 Å². The summed E-state index contributed by atoms with van der Waals surface area (Å²) < 4.78 is 1.68. The number of hydrogen-bond donors (Lipinski definition) is 1. The summed E-state index contributed by atoms with van der Waals surface area (Å²) in [5.41, 5.74) is 7.97. The van der Waals surface area contributed by atoms with E-state index < -0.39 is 0 Å². The van der Waals surface area contributed by atoms with E-state index in [2.05, 4.69) is 53.7 Å². The second-order valence-corrected chi connectivity index (χ2v) is 8.53. The fourth-order valence-electron chi connectivity index (χ4n) is 3.20. The van der Waals surface area contributed by atoms with Gasteiger partial charge in [-0.25, -0.2) is 10.1 Å². The third kappa shape index (κ3) is 4.98. The van der Waals surface area contributed by atoms with Crippen molar-refractivity contribution in [2.45, 2.75) is 26.2 Å². The topological polar surface area (TPSA) is 72.2 Å². The molecule has 0 atom stereocenters. The van der Waals surface area contributed by atoms with E-state index in [-0.39, 0.29) is 11.3 Å². The number of benzene rings is 3. The van der Waals surface area contributed by atoms with Crippen LogP contribution in [0.3, 0.4) is 0 Å². The van der Waals surface area contributed by atoms with Gasteiger partial charge in [-0.3, -0.25) is 4.79 Å². The molecule has 0 fully saturated rings. The normalized spacial score (nSPS) is 11.6. The number of carbonyl (C=O) groups excluding carboxylic acids is 1. The first-order valence-electron chi connectivity index (χ1n) is 10.4. The van der Waals surface area contributed by atoms with Crippen molar-refractivity contribution in [2.24, 2.45) is 5.10 Å². The first-order valence-corrected chi connectivity index (χ1v) is 10.4. The molecule has 1 heterocycles. The molecular formula is C26H25N5O. The lowest BCUT2D eigenvalue weighted by Gasteiger charge is -2.18. The largest absolute Gasteiger partial charge is 0.271 e. The van der Waals surface area contributed by atoms with Gasteiger partial charge in [-0.15, -0.1) is 5.10 Å². The van der Waals surface area contributed by atoms with Crippen LogP contribution in [0.1, 0.15) is 42.3 Å². The van der Waals surface area contributed by atoms with E-state index >= 15 is 0 Å². The molecule has 32 heavy (non-hydrogen) atoms. The van der Waals surface area contributed by atoms with Crippen LogP contribution in [0.4, 0.5) is 0 Å². The predicted molar refractivity (Wildman–Crippen MR) is 127 cm³/mol. The van der Waals surface area contributed by atoms with Gasteiger partial charge in [0.15, 0.2) is 0 Å². The number of nitrogens with zero attached hydrogens (tertiary/aromatic N) is 4. The highest BCUT2D eigenvalue weighted by Crippen LogP contribution is 2.22. The molecule has 0 aliphatic rings. The summed E-state index contributed by atoms with van der Waals surface area (Å²) in [6.07, 6.45) is 3.50. The summed E-state index contributed by atoms with van der Waals surface area (Å²) in [7, 11) is 0. The van der Waals surface area contributed by atoms with Gasteiger partial charge in [0.25, 0.3) is 5.91 Å². The van der Waals surface area contributed by atoms with Crippen molar-refractivity contribution in [2.75, 3.05) is 0 Å². The Morgan fingerprint density at radius 1 is 0.938 bits per heavy atom. The summed E-state index contributed by atoms with van der Waals surface area (Å²) in [4.78, 5) is 12.4. The third-order valence-electron chi connectivity index (χ3n) is 5.11. The molecule has 4 rings (SSSR count). The van der Waals surface area contributed by atoms with Gasteiger partial charge in [0, 0.05) is 11.1 Å². The number of carbonyl (C=O) groups is 1. The minimum atomic E-state index is -0.275. The van der Waals surface area contributed by atoms with E-state index in [0.717, 1.165) is 22.5 Å². The summed E-state index contributed by atoms with van der Waals surface area (Å²) in [6, 6.07) is 25.1. The molecule has 4 aromatic rings. The molecule has 0 aliphatic carbocycles. The molecule has 0 radical (unpaired) electrons. The Kier molecular flexibility index (Phi) is 5.94.